The number of halogens is 2. The fourth-order valence-corrected chi connectivity index (χ4v) is 9.51. The van der Waals surface area contributed by atoms with Gasteiger partial charge in [0.25, 0.3) is 5.91 Å². The largest absolute Gasteiger partial charge is 0.382 e. The Bertz CT molecular complexity index is 1250. The Morgan fingerprint density at radius 3 is 2.36 bits per heavy atom. The van der Waals surface area contributed by atoms with E-state index in [0.29, 0.717) is 45.4 Å². The third-order valence-corrected chi connectivity index (χ3v) is 11.5. The van der Waals surface area contributed by atoms with Crippen molar-refractivity contribution in [2.75, 3.05) is 0 Å². The van der Waals surface area contributed by atoms with E-state index >= 15 is 0 Å². The zero-order chi connectivity index (χ0) is 29.0. The molecule has 5 rings (SSSR count). The average molecular weight is 543 g/mol. The molecule has 8 atom stereocenters. The molecule has 5 aliphatic rings. The molecule has 5 aliphatic carbocycles. The van der Waals surface area contributed by atoms with Gasteiger partial charge < -0.3 is 10.4 Å². The molecule has 1 amide bonds. The number of nitrogens with one attached hydrogen (secondary N) is 1. The normalized spacial score (nSPS) is 44.9. The number of amides is 1. The number of carbonyl (C=O) groups excluding carboxylic acids is 3. The van der Waals surface area contributed by atoms with E-state index in [1.807, 2.05) is 13.0 Å². The van der Waals surface area contributed by atoms with E-state index < -0.39 is 51.4 Å². The maximum absolute atomic E-state index is 14.2. The summed E-state index contributed by atoms with van der Waals surface area (Å²) in [4.78, 5) is 39.6. The van der Waals surface area contributed by atoms with Gasteiger partial charge in [0.1, 0.15) is 11.7 Å². The number of carbonyl (C=O) groups is 3. The molecule has 4 unspecified atom stereocenters. The maximum Gasteiger partial charge on any atom is 0.321 e. The molecule has 0 bridgehead atoms. The molecule has 0 aromatic heterocycles. The fourth-order valence-electron chi connectivity index (χ4n) is 9.51. The summed E-state index contributed by atoms with van der Waals surface area (Å²) in [6, 6.07) is 1.96. The first-order valence-electron chi connectivity index (χ1n) is 14.2. The lowest BCUT2D eigenvalue weighted by Crippen LogP contribution is -2.68. The molecule has 0 aromatic rings. The number of hydrogen-bond acceptors (Lipinski definition) is 5. The van der Waals surface area contributed by atoms with Crippen molar-refractivity contribution in [3.8, 4) is 6.07 Å². The van der Waals surface area contributed by atoms with E-state index in [1.165, 1.54) is 6.92 Å². The minimum absolute atomic E-state index is 0.0737. The third-order valence-electron chi connectivity index (χ3n) is 11.5. The standard InChI is InChI=1S/C31H40F2N2O4/c1-26(2)11-12-31(35-25(38)30(6,32)33)10-7-18-23(19(31)15-26)20(36)13-22-27(18,3)9-8-21-28(22,4)14-17(16-34)24(37)29(21,5)39/h13-14,18-19,21,23,39H,7-12,15H2,1-6H3,(H,35,38)/t18?,19?,21?,23?,27-,28-,29-,31+/m0/s1. The molecular formula is C31H40F2N2O4. The van der Waals surface area contributed by atoms with E-state index in [-0.39, 0.29) is 28.6 Å². The second-order valence-corrected chi connectivity index (χ2v) is 14.5. The second kappa shape index (κ2) is 8.31. The van der Waals surface area contributed by atoms with Crippen molar-refractivity contribution in [3.63, 3.8) is 0 Å². The molecule has 0 aromatic carbocycles. The van der Waals surface area contributed by atoms with E-state index in [1.54, 1.807) is 12.2 Å². The first kappa shape index (κ1) is 28.1. The van der Waals surface area contributed by atoms with Crippen molar-refractivity contribution in [2.45, 2.75) is 104 Å². The Morgan fingerprint density at radius 1 is 1.08 bits per heavy atom. The third kappa shape index (κ3) is 3.89. The van der Waals surface area contributed by atoms with Crippen LogP contribution in [-0.2, 0) is 14.4 Å². The minimum Gasteiger partial charge on any atom is -0.382 e. The fraction of sp³-hybridized carbons (Fsp3) is 0.742. The first-order valence-corrected chi connectivity index (χ1v) is 14.2. The Hall–Kier alpha value is -2.40. The van der Waals surface area contributed by atoms with Gasteiger partial charge in [-0.05, 0) is 80.6 Å². The van der Waals surface area contributed by atoms with E-state index in [4.69, 9.17) is 0 Å². The molecule has 2 N–H and O–H groups in total. The van der Waals surface area contributed by atoms with Gasteiger partial charge in [-0.1, -0.05) is 39.3 Å². The second-order valence-electron chi connectivity index (χ2n) is 14.5. The topological polar surface area (TPSA) is 107 Å². The van der Waals surface area contributed by atoms with Gasteiger partial charge >= 0.3 is 5.92 Å². The predicted octanol–water partition coefficient (Wildman–Crippen LogP) is 5.06. The highest BCUT2D eigenvalue weighted by molar-refractivity contribution is 6.06. The summed E-state index contributed by atoms with van der Waals surface area (Å²) < 4.78 is 28.1. The van der Waals surface area contributed by atoms with Crippen molar-refractivity contribution >= 4 is 17.5 Å². The Morgan fingerprint density at radius 2 is 1.74 bits per heavy atom. The average Bonchev–Trinajstić information content (AvgIpc) is 2.82. The van der Waals surface area contributed by atoms with Crippen molar-refractivity contribution in [3.05, 3.63) is 23.3 Å². The molecule has 3 fully saturated rings. The quantitative estimate of drug-likeness (QED) is 0.507. The Kier molecular flexibility index (Phi) is 6.00. The zero-order valence-electron chi connectivity index (χ0n) is 23.8. The van der Waals surface area contributed by atoms with Crippen molar-refractivity contribution < 1.29 is 28.3 Å². The number of Topliss-reactive ketones (excluding diaryl/α,β-unsaturated/α-hetero) is 1. The van der Waals surface area contributed by atoms with Crippen molar-refractivity contribution in [1.82, 2.24) is 5.32 Å². The number of nitriles is 1. The molecule has 3 saturated carbocycles. The number of allylic oxidation sites excluding steroid dienone is 3. The number of nitrogens with zero attached hydrogens (tertiary/aromatic N) is 1. The van der Waals surface area contributed by atoms with Gasteiger partial charge in [0.2, 0.25) is 5.78 Å². The summed E-state index contributed by atoms with van der Waals surface area (Å²) >= 11 is 0. The number of rotatable bonds is 2. The minimum atomic E-state index is -3.51. The van der Waals surface area contributed by atoms with Crippen molar-refractivity contribution in [1.29, 1.82) is 5.26 Å². The van der Waals surface area contributed by atoms with Gasteiger partial charge in [0.05, 0.1) is 5.57 Å². The van der Waals surface area contributed by atoms with Crippen LogP contribution in [0.3, 0.4) is 0 Å². The predicted molar refractivity (Wildman–Crippen MR) is 140 cm³/mol. The Balaban J connectivity index is 1.62. The van der Waals surface area contributed by atoms with Crippen molar-refractivity contribution in [2.24, 2.45) is 39.9 Å². The number of fused-ring (bicyclic) bond motifs is 7. The van der Waals surface area contributed by atoms with E-state index in [0.717, 1.165) is 12.0 Å². The van der Waals surface area contributed by atoms with E-state index in [9.17, 15) is 33.5 Å². The molecule has 0 aliphatic heterocycles. The number of ketones is 2. The SMILES string of the molecule is CC1(C)CC[C@]2(NC(=O)C(C)(F)F)CCC3C(C(=O)C=C4[C@@]5(C)C=C(C#N)C(=O)[C@@](C)(O)C5CC[C@]43C)C2C1. The summed E-state index contributed by atoms with van der Waals surface area (Å²) in [6.45, 7) is 10.4. The number of hydrogen-bond donors (Lipinski definition) is 2. The lowest BCUT2D eigenvalue weighted by atomic mass is 9.40. The van der Waals surface area contributed by atoms with Crippen LogP contribution in [0, 0.1) is 51.2 Å². The van der Waals surface area contributed by atoms with Crippen LogP contribution in [0.15, 0.2) is 23.3 Å². The number of aliphatic hydroxyl groups is 1. The lowest BCUT2D eigenvalue weighted by Gasteiger charge is -2.65. The van der Waals surface area contributed by atoms with E-state index in [2.05, 4.69) is 26.1 Å². The Labute approximate surface area is 229 Å². The summed E-state index contributed by atoms with van der Waals surface area (Å²) in [5.74, 6) is -6.70. The van der Waals surface area contributed by atoms with Crippen LogP contribution in [0.25, 0.3) is 0 Å². The van der Waals surface area contributed by atoms with Crippen LogP contribution in [0.4, 0.5) is 8.78 Å². The monoisotopic (exact) mass is 542 g/mol. The molecular weight excluding hydrogens is 502 g/mol. The summed E-state index contributed by atoms with van der Waals surface area (Å²) in [5, 5.41) is 23.8. The van der Waals surface area contributed by atoms with Crippen LogP contribution >= 0.6 is 0 Å². The highest BCUT2D eigenvalue weighted by Crippen LogP contribution is 2.68. The number of alkyl halides is 2. The maximum atomic E-state index is 14.2. The van der Waals surface area contributed by atoms with Gasteiger partial charge in [0, 0.05) is 29.7 Å². The van der Waals surface area contributed by atoms with Gasteiger partial charge in [-0.15, -0.1) is 0 Å². The highest BCUT2D eigenvalue weighted by Gasteiger charge is 2.66. The molecule has 6 nitrogen and oxygen atoms in total. The molecule has 39 heavy (non-hydrogen) atoms. The van der Waals surface area contributed by atoms with Crippen LogP contribution in [0.5, 0.6) is 0 Å². The molecule has 0 heterocycles. The van der Waals surface area contributed by atoms with Crippen LogP contribution < -0.4 is 5.32 Å². The summed E-state index contributed by atoms with van der Waals surface area (Å²) in [6.07, 6.45) is 7.64. The molecule has 0 radical (unpaired) electrons. The van der Waals surface area contributed by atoms with Crippen LogP contribution in [-0.4, -0.2) is 39.6 Å². The highest BCUT2D eigenvalue weighted by atomic mass is 19.3. The van der Waals surface area contributed by atoms with Crippen LogP contribution in [0.1, 0.15) is 86.5 Å². The molecule has 212 valence electrons. The van der Waals surface area contributed by atoms with Gasteiger partial charge in [-0.25, -0.2) is 0 Å². The summed E-state index contributed by atoms with van der Waals surface area (Å²) in [5.41, 5.74) is -3.21. The molecule has 0 spiro atoms. The molecule has 0 saturated heterocycles. The first-order chi connectivity index (χ1) is 17.8. The molecule has 8 heteroatoms. The zero-order valence-corrected chi connectivity index (χ0v) is 23.8. The van der Waals surface area contributed by atoms with Gasteiger partial charge in [-0.3, -0.25) is 14.4 Å². The lowest BCUT2D eigenvalue weighted by molar-refractivity contribution is -0.158. The van der Waals surface area contributed by atoms with Gasteiger partial charge in [-0.2, -0.15) is 14.0 Å². The summed E-state index contributed by atoms with van der Waals surface area (Å²) in [7, 11) is 0. The van der Waals surface area contributed by atoms with Gasteiger partial charge in [0.15, 0.2) is 5.78 Å². The van der Waals surface area contributed by atoms with Crippen LogP contribution in [0.2, 0.25) is 0 Å². The smallest absolute Gasteiger partial charge is 0.321 e.